The fourth-order valence-electron chi connectivity index (χ4n) is 4.67. The van der Waals surface area contributed by atoms with Crippen LogP contribution in [0.3, 0.4) is 0 Å². The number of hydrogen-bond donors (Lipinski definition) is 1. The normalized spacial score (nSPS) is 18.3. The second-order valence-corrected chi connectivity index (χ2v) is 7.90. The minimum Gasteiger partial charge on any atom is -0.306 e. The lowest BCUT2D eigenvalue weighted by Crippen LogP contribution is -2.41. The molecule has 0 unspecified atom stereocenters. The second-order valence-electron chi connectivity index (χ2n) is 7.90. The maximum Gasteiger partial charge on any atom is 0.254 e. The minimum absolute atomic E-state index is 0.0125. The van der Waals surface area contributed by atoms with Crippen molar-refractivity contribution in [3.05, 3.63) is 76.2 Å². The van der Waals surface area contributed by atoms with Crippen molar-refractivity contribution in [1.29, 1.82) is 0 Å². The van der Waals surface area contributed by atoms with Crippen molar-refractivity contribution in [3.63, 3.8) is 0 Å². The first-order valence-electron chi connectivity index (χ1n) is 9.89. The van der Waals surface area contributed by atoms with Crippen LogP contribution >= 0.6 is 0 Å². The Bertz CT molecular complexity index is 1020. The number of aromatic nitrogens is 4. The average Bonchev–Trinajstić information content (AvgIpc) is 3.10. The lowest BCUT2D eigenvalue weighted by molar-refractivity contribution is 0.150. The summed E-state index contributed by atoms with van der Waals surface area (Å²) in [4.78, 5) is 31.5. The highest BCUT2D eigenvalue weighted by molar-refractivity contribution is 5.54. The maximum absolute atomic E-state index is 12.7. The number of pyridine rings is 2. The number of nitrogens with one attached hydrogen (secondary N) is 1. The summed E-state index contributed by atoms with van der Waals surface area (Å²) in [5, 5.41) is 0. The van der Waals surface area contributed by atoms with E-state index in [-0.39, 0.29) is 11.0 Å². The van der Waals surface area contributed by atoms with Gasteiger partial charge in [0.05, 0.1) is 5.69 Å². The molecule has 1 aliphatic carbocycles. The first-order valence-corrected chi connectivity index (χ1v) is 9.89. The Kier molecular flexibility index (Phi) is 4.28. The van der Waals surface area contributed by atoms with Crippen LogP contribution in [0.25, 0.3) is 11.4 Å². The number of piperidine rings is 1. The van der Waals surface area contributed by atoms with Gasteiger partial charge in [-0.1, -0.05) is 6.07 Å². The third-order valence-corrected chi connectivity index (χ3v) is 6.25. The summed E-state index contributed by atoms with van der Waals surface area (Å²) in [5.74, 6) is 0.635. The van der Waals surface area contributed by atoms with Crippen LogP contribution in [0.1, 0.15) is 36.1 Å². The Morgan fingerprint density at radius 3 is 2.54 bits per heavy atom. The van der Waals surface area contributed by atoms with Crippen molar-refractivity contribution in [2.75, 3.05) is 13.1 Å². The minimum atomic E-state index is 0.0125. The maximum atomic E-state index is 12.7. The number of aromatic amines is 1. The van der Waals surface area contributed by atoms with Gasteiger partial charge in [-0.3, -0.25) is 19.7 Å². The first kappa shape index (κ1) is 17.3. The van der Waals surface area contributed by atoms with E-state index in [1.54, 1.807) is 12.4 Å². The quantitative estimate of drug-likeness (QED) is 0.764. The summed E-state index contributed by atoms with van der Waals surface area (Å²) in [6.45, 7) is 2.97. The Morgan fingerprint density at radius 2 is 1.82 bits per heavy atom. The van der Waals surface area contributed by atoms with Gasteiger partial charge in [-0.2, -0.15) is 0 Å². The van der Waals surface area contributed by atoms with E-state index in [1.807, 2.05) is 30.6 Å². The molecule has 3 aromatic rings. The molecular formula is C22H23N5O. The van der Waals surface area contributed by atoms with Gasteiger partial charge in [-0.15, -0.1) is 0 Å². The molecule has 28 heavy (non-hydrogen) atoms. The highest BCUT2D eigenvalue weighted by atomic mass is 16.1. The highest BCUT2D eigenvalue weighted by Crippen LogP contribution is 2.44. The van der Waals surface area contributed by atoms with Gasteiger partial charge in [0, 0.05) is 47.9 Å². The number of likely N-dealkylation sites (tertiary alicyclic amines) is 1. The molecule has 0 radical (unpaired) electrons. The summed E-state index contributed by atoms with van der Waals surface area (Å²) >= 11 is 0. The molecule has 0 atom stereocenters. The van der Waals surface area contributed by atoms with Gasteiger partial charge in [-0.05, 0) is 62.5 Å². The lowest BCUT2D eigenvalue weighted by Gasteiger charge is -2.39. The van der Waals surface area contributed by atoms with Crippen molar-refractivity contribution in [2.24, 2.45) is 0 Å². The van der Waals surface area contributed by atoms with E-state index in [0.717, 1.165) is 62.1 Å². The molecule has 1 aliphatic heterocycles. The van der Waals surface area contributed by atoms with E-state index < -0.39 is 0 Å². The molecule has 1 N–H and O–H groups in total. The molecule has 3 aromatic heterocycles. The smallest absolute Gasteiger partial charge is 0.254 e. The summed E-state index contributed by atoms with van der Waals surface area (Å²) < 4.78 is 0. The molecule has 1 spiro atoms. The number of hydrogen-bond acceptors (Lipinski definition) is 5. The SMILES string of the molecule is O=c1[nH]c(-c2cccnc2)nc2c1CCC21CCN(Cc2cccnc2)CC1. The van der Waals surface area contributed by atoms with Crippen LogP contribution in [0.4, 0.5) is 0 Å². The topological polar surface area (TPSA) is 74.8 Å². The zero-order valence-electron chi connectivity index (χ0n) is 15.8. The molecule has 142 valence electrons. The van der Waals surface area contributed by atoms with E-state index in [4.69, 9.17) is 4.98 Å². The molecule has 5 rings (SSSR count). The van der Waals surface area contributed by atoms with Gasteiger partial charge >= 0.3 is 0 Å². The third-order valence-electron chi connectivity index (χ3n) is 6.25. The Hall–Kier alpha value is -2.86. The standard InChI is InChI=1S/C22H23N5O/c28-21-18-5-6-22(19(18)25-20(26-21)17-4-2-10-24-14-17)7-11-27(12-8-22)15-16-3-1-9-23-13-16/h1-4,9-10,13-14H,5-8,11-12,15H2,(H,25,26,28). The number of fused-ring (bicyclic) bond motifs is 2. The monoisotopic (exact) mass is 373 g/mol. The third kappa shape index (κ3) is 3.03. The molecule has 0 aromatic carbocycles. The van der Waals surface area contributed by atoms with Gasteiger partial charge in [0.2, 0.25) is 0 Å². The average molecular weight is 373 g/mol. The molecule has 6 heteroatoms. The Morgan fingerprint density at radius 1 is 1.04 bits per heavy atom. The zero-order valence-corrected chi connectivity index (χ0v) is 15.8. The van der Waals surface area contributed by atoms with E-state index >= 15 is 0 Å². The number of rotatable bonds is 3. The molecule has 0 saturated carbocycles. The number of nitrogens with zero attached hydrogens (tertiary/aromatic N) is 4. The van der Waals surface area contributed by atoms with Crippen molar-refractivity contribution in [3.8, 4) is 11.4 Å². The highest BCUT2D eigenvalue weighted by Gasteiger charge is 2.43. The van der Waals surface area contributed by atoms with Gasteiger partial charge in [0.1, 0.15) is 5.82 Å². The number of H-pyrrole nitrogens is 1. The molecule has 0 bridgehead atoms. The zero-order chi connectivity index (χ0) is 19.0. The van der Waals surface area contributed by atoms with Crippen molar-refractivity contribution in [1.82, 2.24) is 24.8 Å². The molecule has 4 heterocycles. The summed E-state index contributed by atoms with van der Waals surface area (Å²) in [6, 6.07) is 7.93. The van der Waals surface area contributed by atoms with Crippen LogP contribution in [0.2, 0.25) is 0 Å². The predicted molar refractivity (Wildman–Crippen MR) is 107 cm³/mol. The first-order chi connectivity index (χ1) is 13.7. The van der Waals surface area contributed by atoms with Crippen LogP contribution in [0.15, 0.2) is 53.8 Å². The van der Waals surface area contributed by atoms with Gasteiger partial charge in [0.25, 0.3) is 5.56 Å². The molecule has 6 nitrogen and oxygen atoms in total. The Labute approximate surface area is 163 Å². The van der Waals surface area contributed by atoms with Crippen LogP contribution in [0, 0.1) is 0 Å². The van der Waals surface area contributed by atoms with Crippen LogP contribution in [-0.2, 0) is 18.4 Å². The van der Waals surface area contributed by atoms with Gasteiger partial charge in [-0.25, -0.2) is 4.98 Å². The van der Waals surface area contributed by atoms with Gasteiger partial charge < -0.3 is 4.98 Å². The molecule has 0 amide bonds. The molecule has 2 aliphatic rings. The predicted octanol–water partition coefficient (Wildman–Crippen LogP) is 2.71. The van der Waals surface area contributed by atoms with Crippen LogP contribution in [0.5, 0.6) is 0 Å². The fourth-order valence-corrected chi connectivity index (χ4v) is 4.67. The van der Waals surface area contributed by atoms with Crippen molar-refractivity contribution < 1.29 is 0 Å². The largest absolute Gasteiger partial charge is 0.306 e. The summed E-state index contributed by atoms with van der Waals surface area (Å²) in [6.07, 6.45) is 11.2. The fraction of sp³-hybridized carbons (Fsp3) is 0.364. The van der Waals surface area contributed by atoms with E-state index in [2.05, 4.69) is 25.9 Å². The molecule has 1 fully saturated rings. The van der Waals surface area contributed by atoms with E-state index in [9.17, 15) is 4.79 Å². The van der Waals surface area contributed by atoms with Crippen LogP contribution in [-0.4, -0.2) is 37.9 Å². The molecular weight excluding hydrogens is 350 g/mol. The van der Waals surface area contributed by atoms with E-state index in [0.29, 0.717) is 5.82 Å². The van der Waals surface area contributed by atoms with E-state index in [1.165, 1.54) is 5.56 Å². The second kappa shape index (κ2) is 6.95. The Balaban J connectivity index is 1.40. The van der Waals surface area contributed by atoms with Gasteiger partial charge in [0.15, 0.2) is 0 Å². The van der Waals surface area contributed by atoms with Crippen molar-refractivity contribution in [2.45, 2.75) is 37.6 Å². The van der Waals surface area contributed by atoms with Crippen LogP contribution < -0.4 is 5.56 Å². The summed E-state index contributed by atoms with van der Waals surface area (Å²) in [7, 11) is 0. The summed E-state index contributed by atoms with van der Waals surface area (Å²) in [5.41, 5.74) is 4.06. The lowest BCUT2D eigenvalue weighted by atomic mass is 9.76. The van der Waals surface area contributed by atoms with Crippen molar-refractivity contribution >= 4 is 0 Å². The molecule has 1 saturated heterocycles.